The van der Waals surface area contributed by atoms with Gasteiger partial charge in [-0.15, -0.1) is 0 Å². The number of benzene rings is 3. The molecule has 6 nitrogen and oxygen atoms in total. The third-order valence-electron chi connectivity index (χ3n) is 5.37. The van der Waals surface area contributed by atoms with Crippen LogP contribution in [0.5, 0.6) is 5.75 Å². The molecule has 1 saturated heterocycles. The van der Waals surface area contributed by atoms with E-state index >= 15 is 0 Å². The zero-order valence-electron chi connectivity index (χ0n) is 18.5. The van der Waals surface area contributed by atoms with Gasteiger partial charge in [-0.1, -0.05) is 60.5 Å². The summed E-state index contributed by atoms with van der Waals surface area (Å²) < 4.78 is 19.5. The molecular formula is C26H19Cl2FN2O4. The standard InChI is InChI=1S/C26H19Cl2FN2O4/c1-2-15-7-9-18(10-8-15)31-25(33)19(24(32)30-26(31)34)11-16-12-20(27)23(21(28)13-16)35-14-17-5-3-4-6-22(17)29/h3-13H,2,14H2,1H3,(H,30,32,34)/b19-11-. The van der Waals surface area contributed by atoms with Crippen LogP contribution in [0.2, 0.25) is 10.0 Å². The molecule has 9 heteroatoms. The normalized spacial score (nSPS) is 14.9. The van der Waals surface area contributed by atoms with Gasteiger partial charge in [-0.2, -0.15) is 0 Å². The van der Waals surface area contributed by atoms with Crippen LogP contribution in [-0.4, -0.2) is 17.8 Å². The van der Waals surface area contributed by atoms with Gasteiger partial charge < -0.3 is 4.74 Å². The maximum Gasteiger partial charge on any atom is 0.335 e. The molecule has 1 heterocycles. The van der Waals surface area contributed by atoms with Crippen molar-refractivity contribution in [2.45, 2.75) is 20.0 Å². The fraction of sp³-hybridized carbons (Fsp3) is 0.115. The fourth-order valence-corrected chi connectivity index (χ4v) is 4.12. The first-order valence-electron chi connectivity index (χ1n) is 10.6. The largest absolute Gasteiger partial charge is 0.486 e. The summed E-state index contributed by atoms with van der Waals surface area (Å²) >= 11 is 12.6. The highest BCUT2D eigenvalue weighted by molar-refractivity contribution is 6.40. The number of barbiturate groups is 1. The molecule has 1 N–H and O–H groups in total. The molecule has 1 aliphatic rings. The average molecular weight is 513 g/mol. The number of urea groups is 1. The first-order valence-corrected chi connectivity index (χ1v) is 11.4. The Bertz CT molecular complexity index is 1330. The summed E-state index contributed by atoms with van der Waals surface area (Å²) in [5.74, 6) is -1.92. The van der Waals surface area contributed by atoms with Crippen LogP contribution < -0.4 is 15.0 Å². The van der Waals surface area contributed by atoms with Gasteiger partial charge in [0.2, 0.25) is 0 Å². The highest BCUT2D eigenvalue weighted by Gasteiger charge is 2.36. The predicted octanol–water partition coefficient (Wildman–Crippen LogP) is 5.94. The Morgan fingerprint density at radius 1 is 1.00 bits per heavy atom. The summed E-state index contributed by atoms with van der Waals surface area (Å²) in [6.45, 7) is 1.89. The number of carbonyl (C=O) groups excluding carboxylic acids is 3. The lowest BCUT2D eigenvalue weighted by Gasteiger charge is -2.26. The molecule has 1 aliphatic heterocycles. The number of halogens is 3. The van der Waals surface area contributed by atoms with Crippen LogP contribution in [0.1, 0.15) is 23.6 Å². The van der Waals surface area contributed by atoms with E-state index in [-0.39, 0.29) is 28.0 Å². The molecule has 3 aromatic carbocycles. The molecule has 0 unspecified atom stereocenters. The summed E-state index contributed by atoms with van der Waals surface area (Å²) in [5, 5.41) is 2.38. The highest BCUT2D eigenvalue weighted by atomic mass is 35.5. The number of anilines is 1. The maximum atomic E-state index is 13.9. The number of ether oxygens (including phenoxy) is 1. The SMILES string of the molecule is CCc1ccc(N2C(=O)NC(=O)/C(=C/c3cc(Cl)c(OCc4ccccc4F)c(Cl)c3)C2=O)cc1. The van der Waals surface area contributed by atoms with Crippen LogP contribution in [0.25, 0.3) is 6.08 Å². The molecule has 4 amide bonds. The number of rotatable bonds is 6. The van der Waals surface area contributed by atoms with Gasteiger partial charge in [0.25, 0.3) is 11.8 Å². The van der Waals surface area contributed by atoms with Crippen molar-refractivity contribution in [1.82, 2.24) is 5.32 Å². The Balaban J connectivity index is 1.60. The van der Waals surface area contributed by atoms with Crippen molar-refractivity contribution in [2.24, 2.45) is 0 Å². The van der Waals surface area contributed by atoms with Crippen molar-refractivity contribution in [3.8, 4) is 5.75 Å². The highest BCUT2D eigenvalue weighted by Crippen LogP contribution is 2.36. The van der Waals surface area contributed by atoms with E-state index in [4.69, 9.17) is 27.9 Å². The molecule has 178 valence electrons. The second kappa shape index (κ2) is 10.3. The van der Waals surface area contributed by atoms with Gasteiger partial charge in [-0.3, -0.25) is 14.9 Å². The third-order valence-corrected chi connectivity index (χ3v) is 5.93. The van der Waals surface area contributed by atoms with E-state index in [2.05, 4.69) is 5.32 Å². The van der Waals surface area contributed by atoms with E-state index in [1.807, 2.05) is 6.92 Å². The molecule has 0 aromatic heterocycles. The van der Waals surface area contributed by atoms with Gasteiger partial charge >= 0.3 is 6.03 Å². The minimum atomic E-state index is -0.839. The number of nitrogens with zero attached hydrogens (tertiary/aromatic N) is 1. The number of hydrogen-bond acceptors (Lipinski definition) is 4. The van der Waals surface area contributed by atoms with E-state index in [1.54, 1.807) is 42.5 Å². The smallest absolute Gasteiger partial charge is 0.335 e. The van der Waals surface area contributed by atoms with Crippen molar-refractivity contribution in [3.63, 3.8) is 0 Å². The topological polar surface area (TPSA) is 75.7 Å². The lowest BCUT2D eigenvalue weighted by atomic mass is 10.1. The molecule has 35 heavy (non-hydrogen) atoms. The number of amides is 4. The van der Waals surface area contributed by atoms with Crippen LogP contribution >= 0.6 is 23.2 Å². The van der Waals surface area contributed by atoms with E-state index in [0.717, 1.165) is 16.9 Å². The van der Waals surface area contributed by atoms with Crippen molar-refractivity contribution < 1.29 is 23.5 Å². The summed E-state index contributed by atoms with van der Waals surface area (Å²) in [5.41, 5.74) is 1.76. The third kappa shape index (κ3) is 5.21. The van der Waals surface area contributed by atoms with E-state index in [1.165, 1.54) is 24.3 Å². The Morgan fingerprint density at radius 3 is 2.29 bits per heavy atom. The molecule has 3 aromatic rings. The lowest BCUT2D eigenvalue weighted by Crippen LogP contribution is -2.54. The predicted molar refractivity (Wildman–Crippen MR) is 132 cm³/mol. The molecule has 0 bridgehead atoms. The minimum Gasteiger partial charge on any atom is -0.486 e. The van der Waals surface area contributed by atoms with Gasteiger partial charge in [0.15, 0.2) is 5.75 Å². The van der Waals surface area contributed by atoms with Crippen molar-refractivity contribution >= 4 is 52.8 Å². The quantitative estimate of drug-likeness (QED) is 0.327. The number of hydrogen-bond donors (Lipinski definition) is 1. The molecule has 1 fully saturated rings. The van der Waals surface area contributed by atoms with Crippen LogP contribution in [0.15, 0.2) is 66.2 Å². The number of aryl methyl sites for hydroxylation is 1. The Kier molecular flexibility index (Phi) is 7.19. The van der Waals surface area contributed by atoms with E-state index < -0.39 is 23.7 Å². The Labute approximate surface area is 210 Å². The second-order valence-electron chi connectivity index (χ2n) is 7.67. The average Bonchev–Trinajstić information content (AvgIpc) is 2.82. The molecule has 4 rings (SSSR count). The first-order chi connectivity index (χ1) is 16.8. The maximum absolute atomic E-state index is 13.9. The van der Waals surface area contributed by atoms with E-state index in [9.17, 15) is 18.8 Å². The van der Waals surface area contributed by atoms with Crippen molar-refractivity contribution in [2.75, 3.05) is 4.90 Å². The number of nitrogens with one attached hydrogen (secondary N) is 1. The molecule has 0 spiro atoms. The van der Waals surface area contributed by atoms with Crippen molar-refractivity contribution in [1.29, 1.82) is 0 Å². The number of carbonyl (C=O) groups is 3. The molecular weight excluding hydrogens is 494 g/mol. The van der Waals surface area contributed by atoms with Crippen LogP contribution in [-0.2, 0) is 22.6 Å². The summed E-state index contributed by atoms with van der Waals surface area (Å²) in [7, 11) is 0. The second-order valence-corrected chi connectivity index (χ2v) is 8.49. The van der Waals surface area contributed by atoms with Gasteiger partial charge in [0.1, 0.15) is 18.0 Å². The fourth-order valence-electron chi connectivity index (χ4n) is 3.51. The zero-order valence-corrected chi connectivity index (χ0v) is 20.0. The molecule has 0 radical (unpaired) electrons. The van der Waals surface area contributed by atoms with Gasteiger partial charge in [0, 0.05) is 5.56 Å². The summed E-state index contributed by atoms with van der Waals surface area (Å²) in [6.07, 6.45) is 2.08. The van der Waals surface area contributed by atoms with Gasteiger partial charge in [-0.05, 0) is 54.0 Å². The van der Waals surface area contributed by atoms with Crippen molar-refractivity contribution in [3.05, 3.63) is 98.8 Å². The first kappa shape index (κ1) is 24.4. The van der Waals surface area contributed by atoms with Crippen LogP contribution in [0.4, 0.5) is 14.9 Å². The Hall–Kier alpha value is -3.68. The molecule has 0 aliphatic carbocycles. The van der Waals surface area contributed by atoms with Crippen LogP contribution in [0, 0.1) is 5.82 Å². The monoisotopic (exact) mass is 512 g/mol. The lowest BCUT2D eigenvalue weighted by molar-refractivity contribution is -0.122. The minimum absolute atomic E-state index is 0.0959. The zero-order chi connectivity index (χ0) is 25.1. The summed E-state index contributed by atoms with van der Waals surface area (Å²) in [6, 6.07) is 15.1. The van der Waals surface area contributed by atoms with Gasteiger partial charge in [0.05, 0.1) is 15.7 Å². The van der Waals surface area contributed by atoms with E-state index in [0.29, 0.717) is 16.8 Å². The molecule has 0 saturated carbocycles. The summed E-state index contributed by atoms with van der Waals surface area (Å²) in [4.78, 5) is 38.8. The Morgan fingerprint density at radius 2 is 1.66 bits per heavy atom. The van der Waals surface area contributed by atoms with Crippen LogP contribution in [0.3, 0.4) is 0 Å². The number of imide groups is 2. The molecule has 0 atom stereocenters. The van der Waals surface area contributed by atoms with Gasteiger partial charge in [-0.25, -0.2) is 14.1 Å².